The van der Waals surface area contributed by atoms with E-state index in [0.29, 0.717) is 72.9 Å². The Morgan fingerprint density at radius 1 is 1.21 bits per heavy atom. The maximum Gasteiger partial charge on any atom is 0.297 e. The lowest BCUT2D eigenvalue weighted by Crippen LogP contribution is -2.38. The molecule has 1 amide bonds. The van der Waals surface area contributed by atoms with Crippen LogP contribution in [0.5, 0.6) is 0 Å². The molecule has 1 fully saturated rings. The average molecular weight is 522 g/mol. The first kappa shape index (κ1) is 25.6. The number of rotatable bonds is 11. The quantitative estimate of drug-likeness (QED) is 0.183. The maximum absolute atomic E-state index is 13.6. The first-order valence-electron chi connectivity index (χ1n) is 12.6. The number of anilines is 3. The van der Waals surface area contributed by atoms with Crippen molar-refractivity contribution in [3.63, 3.8) is 0 Å². The molecule has 1 saturated heterocycles. The highest BCUT2D eigenvalue weighted by Crippen LogP contribution is 2.29. The van der Waals surface area contributed by atoms with Crippen LogP contribution < -0.4 is 20.9 Å². The van der Waals surface area contributed by atoms with Crippen LogP contribution in [0.4, 0.5) is 17.7 Å². The Labute approximate surface area is 219 Å². The van der Waals surface area contributed by atoms with Gasteiger partial charge in [0.05, 0.1) is 30.2 Å². The predicted molar refractivity (Wildman–Crippen MR) is 142 cm³/mol. The minimum Gasteiger partial charge on any atom is -0.422 e. The number of ether oxygens (including phenoxy) is 1. The van der Waals surface area contributed by atoms with Gasteiger partial charge in [0.15, 0.2) is 5.58 Å². The number of carbonyl (C=O) groups excluding carboxylic acids is 1. The molecule has 0 unspecified atom stereocenters. The molecule has 0 spiro atoms. The summed E-state index contributed by atoms with van der Waals surface area (Å²) < 4.78 is 11.4. The van der Waals surface area contributed by atoms with E-state index in [1.54, 1.807) is 31.6 Å². The average Bonchev–Trinajstić information content (AvgIpc) is 3.62. The van der Waals surface area contributed by atoms with E-state index in [1.807, 2.05) is 12.1 Å². The number of fused-ring (bicyclic) bond motifs is 1. The number of amides is 1. The molecule has 200 valence electrons. The fraction of sp³-hybridized carbons (Fsp3) is 0.400. The summed E-state index contributed by atoms with van der Waals surface area (Å²) in [6.07, 6.45) is 5.26. The number of H-pyrrole nitrogens is 1. The summed E-state index contributed by atoms with van der Waals surface area (Å²) in [5, 5.41) is 24.7. The molecular weight excluding hydrogens is 490 g/mol. The number of nitrogens with one attached hydrogen (secondary N) is 4. The molecule has 38 heavy (non-hydrogen) atoms. The van der Waals surface area contributed by atoms with Crippen molar-refractivity contribution in [2.75, 3.05) is 62.0 Å². The number of oxazole rings is 1. The van der Waals surface area contributed by atoms with Gasteiger partial charge >= 0.3 is 0 Å². The Morgan fingerprint density at radius 2 is 2.08 bits per heavy atom. The number of aliphatic hydroxyl groups excluding tert-OH is 1. The van der Waals surface area contributed by atoms with Crippen LogP contribution in [0.15, 0.2) is 41.1 Å². The molecule has 0 saturated carbocycles. The molecule has 0 aliphatic carbocycles. The fourth-order valence-electron chi connectivity index (χ4n) is 4.34. The van der Waals surface area contributed by atoms with Gasteiger partial charge in [-0.05, 0) is 25.0 Å². The molecule has 4 aromatic heterocycles. The monoisotopic (exact) mass is 521 g/mol. The number of pyridine rings is 2. The lowest BCUT2D eigenvalue weighted by atomic mass is 10.1. The largest absolute Gasteiger partial charge is 0.422 e. The summed E-state index contributed by atoms with van der Waals surface area (Å²) in [6, 6.07) is 7.40. The number of piperidine rings is 1. The van der Waals surface area contributed by atoms with E-state index in [1.165, 1.54) is 0 Å². The number of nitrogens with zero attached hydrogens (tertiary/aromatic N) is 5. The van der Waals surface area contributed by atoms with Crippen molar-refractivity contribution in [3.8, 4) is 11.3 Å². The highest BCUT2D eigenvalue weighted by atomic mass is 16.5. The molecule has 4 aromatic rings. The van der Waals surface area contributed by atoms with Gasteiger partial charge in [-0.1, -0.05) is 6.07 Å². The molecule has 5 heterocycles. The number of hydrogen-bond acceptors (Lipinski definition) is 11. The van der Waals surface area contributed by atoms with Crippen LogP contribution in [0.25, 0.3) is 22.5 Å². The third-order valence-electron chi connectivity index (χ3n) is 6.33. The number of methoxy groups -OCH3 is 1. The normalized spacial score (nSPS) is 14.2. The van der Waals surface area contributed by atoms with Crippen LogP contribution in [-0.2, 0) is 4.74 Å². The van der Waals surface area contributed by atoms with Gasteiger partial charge < -0.3 is 35.1 Å². The van der Waals surface area contributed by atoms with Gasteiger partial charge in [0, 0.05) is 57.7 Å². The Balaban J connectivity index is 1.41. The summed E-state index contributed by atoms with van der Waals surface area (Å²) in [6.45, 7) is 3.17. The van der Waals surface area contributed by atoms with E-state index in [2.05, 4.69) is 41.0 Å². The van der Waals surface area contributed by atoms with Crippen LogP contribution in [0, 0.1) is 0 Å². The molecule has 5 N–H and O–H groups in total. The topological polar surface area (TPSA) is 166 Å². The van der Waals surface area contributed by atoms with E-state index in [9.17, 15) is 4.79 Å². The van der Waals surface area contributed by atoms with Gasteiger partial charge in [-0.3, -0.25) is 9.89 Å². The minimum atomic E-state index is -0.348. The van der Waals surface area contributed by atoms with Crippen molar-refractivity contribution in [1.29, 1.82) is 0 Å². The predicted octanol–water partition coefficient (Wildman–Crippen LogP) is 1.87. The van der Waals surface area contributed by atoms with Crippen LogP contribution >= 0.6 is 0 Å². The number of hydrogen-bond donors (Lipinski definition) is 5. The first-order valence-corrected chi connectivity index (χ1v) is 12.6. The second-order valence-corrected chi connectivity index (χ2v) is 8.87. The van der Waals surface area contributed by atoms with Crippen molar-refractivity contribution in [1.82, 2.24) is 30.5 Å². The summed E-state index contributed by atoms with van der Waals surface area (Å²) in [5.74, 6) is 0.604. The number of aromatic nitrogens is 5. The van der Waals surface area contributed by atoms with Gasteiger partial charge in [-0.25, -0.2) is 9.97 Å². The lowest BCUT2D eigenvalue weighted by Gasteiger charge is -2.32. The number of aliphatic hydroxyl groups is 1. The van der Waals surface area contributed by atoms with Crippen molar-refractivity contribution >= 4 is 34.8 Å². The number of carbonyl (C=O) groups is 1. The van der Waals surface area contributed by atoms with E-state index >= 15 is 0 Å². The Hall–Kier alpha value is -4.07. The third kappa shape index (κ3) is 5.90. The van der Waals surface area contributed by atoms with E-state index < -0.39 is 0 Å². The Kier molecular flexibility index (Phi) is 8.06. The highest BCUT2D eigenvalue weighted by Gasteiger charge is 2.26. The summed E-state index contributed by atoms with van der Waals surface area (Å²) in [5.41, 5.74) is 2.69. The maximum atomic E-state index is 13.6. The van der Waals surface area contributed by atoms with E-state index in [4.69, 9.17) is 19.2 Å². The third-order valence-corrected chi connectivity index (χ3v) is 6.33. The second-order valence-electron chi connectivity index (χ2n) is 8.87. The van der Waals surface area contributed by atoms with Gasteiger partial charge in [-0.2, -0.15) is 10.1 Å². The zero-order chi connectivity index (χ0) is 26.3. The number of aromatic amines is 1. The standard InChI is InChI=1S/C25H31N9O4/c1-37-17-5-10-34(11-6-17)23-18(13-20-22(32-23)33-25(38-20)27-8-7-26-9-12-35)24(36)31-21-4-2-3-19(30-21)16-14-28-29-15-16/h2-4,13-15,17,26,35H,5-12H2,1H3,(H,28,29)(H,27,32,33)(H,30,31,36). The molecule has 0 aromatic carbocycles. The molecule has 0 radical (unpaired) electrons. The zero-order valence-electron chi connectivity index (χ0n) is 21.1. The smallest absolute Gasteiger partial charge is 0.297 e. The van der Waals surface area contributed by atoms with Gasteiger partial charge in [-0.15, -0.1) is 0 Å². The van der Waals surface area contributed by atoms with Crippen molar-refractivity contribution in [3.05, 3.63) is 42.2 Å². The summed E-state index contributed by atoms with van der Waals surface area (Å²) in [7, 11) is 1.72. The second kappa shape index (κ2) is 12.0. The van der Waals surface area contributed by atoms with Crippen LogP contribution in [0.2, 0.25) is 0 Å². The Bertz CT molecular complexity index is 1350. The lowest BCUT2D eigenvalue weighted by molar-refractivity contribution is 0.0817. The Morgan fingerprint density at radius 3 is 2.84 bits per heavy atom. The molecule has 1 aliphatic rings. The van der Waals surface area contributed by atoms with Crippen molar-refractivity contribution in [2.24, 2.45) is 0 Å². The van der Waals surface area contributed by atoms with Crippen LogP contribution in [0.3, 0.4) is 0 Å². The summed E-state index contributed by atoms with van der Waals surface area (Å²) in [4.78, 5) is 29.4. The zero-order valence-corrected chi connectivity index (χ0v) is 21.1. The minimum absolute atomic E-state index is 0.0746. The van der Waals surface area contributed by atoms with Crippen LogP contribution in [-0.4, -0.2) is 88.7 Å². The fourth-order valence-corrected chi connectivity index (χ4v) is 4.34. The van der Waals surface area contributed by atoms with Crippen molar-refractivity contribution < 1.29 is 19.1 Å². The molecule has 0 bridgehead atoms. The highest BCUT2D eigenvalue weighted by molar-refractivity contribution is 6.08. The van der Waals surface area contributed by atoms with E-state index in [-0.39, 0.29) is 18.6 Å². The molecule has 5 rings (SSSR count). The summed E-state index contributed by atoms with van der Waals surface area (Å²) >= 11 is 0. The molecule has 13 heteroatoms. The first-order chi connectivity index (χ1) is 18.6. The van der Waals surface area contributed by atoms with Crippen molar-refractivity contribution in [2.45, 2.75) is 18.9 Å². The van der Waals surface area contributed by atoms with Gasteiger partial charge in [0.1, 0.15) is 11.6 Å². The van der Waals surface area contributed by atoms with Crippen LogP contribution in [0.1, 0.15) is 23.2 Å². The molecule has 0 atom stereocenters. The van der Waals surface area contributed by atoms with Gasteiger partial charge in [0.25, 0.3) is 11.9 Å². The van der Waals surface area contributed by atoms with Gasteiger partial charge in [0.2, 0.25) is 5.65 Å². The van der Waals surface area contributed by atoms with E-state index in [0.717, 1.165) is 18.4 Å². The SMILES string of the molecule is COC1CCN(c2nc3nc(NCCNCCO)oc3cc2C(=O)Nc2cccc(-c3cn[nH]c3)n2)CC1. The molecule has 1 aliphatic heterocycles. The molecule has 13 nitrogen and oxygen atoms in total. The molecular formula is C25H31N9O4.